The van der Waals surface area contributed by atoms with Crippen LogP contribution in [0.3, 0.4) is 0 Å². The molecule has 0 heterocycles. The van der Waals surface area contributed by atoms with Gasteiger partial charge in [0, 0.05) is 26.8 Å². The molecule has 0 saturated heterocycles. The van der Waals surface area contributed by atoms with E-state index in [1.54, 1.807) is 60.7 Å². The first-order valence-corrected chi connectivity index (χ1v) is 23.1. The van der Waals surface area contributed by atoms with Gasteiger partial charge in [0.1, 0.15) is 34.7 Å². The minimum atomic E-state index is -0.381. The van der Waals surface area contributed by atoms with Crippen LogP contribution in [0.1, 0.15) is 141 Å². The Labute approximate surface area is 376 Å². The van der Waals surface area contributed by atoms with Crippen molar-refractivity contribution in [1.29, 1.82) is 0 Å². The quantitative estimate of drug-likeness (QED) is 0.156. The van der Waals surface area contributed by atoms with Crippen LogP contribution in [-0.4, -0.2) is 15.3 Å². The molecule has 3 nitrogen and oxygen atoms in total. The largest absolute Gasteiger partial charge is 0.508 e. The third-order valence-electron chi connectivity index (χ3n) is 14.1. The van der Waals surface area contributed by atoms with Crippen molar-refractivity contribution in [2.75, 3.05) is 0 Å². The van der Waals surface area contributed by atoms with Gasteiger partial charge in [-0.3, -0.25) is 0 Å². The van der Waals surface area contributed by atoms with Crippen LogP contribution >= 0.6 is 11.6 Å². The van der Waals surface area contributed by atoms with Gasteiger partial charge in [0.25, 0.3) is 0 Å². The molecular formula is C56H60ClF3O3. The van der Waals surface area contributed by atoms with Crippen LogP contribution in [0, 0.1) is 31.3 Å². The van der Waals surface area contributed by atoms with Gasteiger partial charge < -0.3 is 15.3 Å². The Morgan fingerprint density at radius 1 is 0.397 bits per heavy atom. The van der Waals surface area contributed by atoms with Crippen molar-refractivity contribution < 1.29 is 28.5 Å². The summed E-state index contributed by atoms with van der Waals surface area (Å²) in [5.41, 5.74) is 6.81. The number of phenols is 3. The number of aromatic hydroxyl groups is 3. The van der Waals surface area contributed by atoms with E-state index in [2.05, 4.69) is 0 Å². The van der Waals surface area contributed by atoms with Crippen LogP contribution in [0.4, 0.5) is 13.2 Å². The summed E-state index contributed by atoms with van der Waals surface area (Å²) in [6, 6.07) is 37.4. The maximum absolute atomic E-state index is 14.5. The summed E-state index contributed by atoms with van der Waals surface area (Å²) in [6.07, 6.45) is 15.9. The lowest BCUT2D eigenvalue weighted by Crippen LogP contribution is -2.32. The molecule has 0 amide bonds. The standard InChI is InChI=1S/2C19H21FO.C18H18ClFO/c2*1-14-5-10-18(20)17(13-14)19(11-3-2-4-12-19)15-6-8-16(21)9-7-15;19-15-5-4-6-16(20)17(15)18(11-2-1-3-12-18)13-7-9-14(21)10-8-13/h2*5-10,13,21H,2-4,11-12H2,1H3;4-10,21H,1-3,11-12H2. The molecule has 0 spiro atoms. The number of rotatable bonds is 6. The summed E-state index contributed by atoms with van der Waals surface area (Å²) in [4.78, 5) is 0. The molecule has 0 atom stereocenters. The highest BCUT2D eigenvalue weighted by atomic mass is 35.5. The average molecular weight is 874 g/mol. The molecule has 3 N–H and O–H groups in total. The second kappa shape index (κ2) is 20.1. The SMILES string of the molecule is Cc1ccc(F)c(C2(c3ccc(O)cc3)CCCCC2)c1.Cc1ccc(F)c(C2(c3ccc(O)cc3)CCCCC2)c1.Oc1ccc(C2(c3c(F)cccc3Cl)CCCCC2)cc1. The monoisotopic (exact) mass is 872 g/mol. The molecule has 6 aromatic rings. The fourth-order valence-corrected chi connectivity index (χ4v) is 11.2. The van der Waals surface area contributed by atoms with Crippen molar-refractivity contribution >= 4 is 11.6 Å². The third kappa shape index (κ3) is 9.97. The predicted molar refractivity (Wildman–Crippen MR) is 250 cm³/mol. The van der Waals surface area contributed by atoms with Crippen molar-refractivity contribution in [3.05, 3.63) is 194 Å². The molecule has 0 radical (unpaired) electrons. The van der Waals surface area contributed by atoms with Crippen LogP contribution in [0.25, 0.3) is 0 Å². The number of benzene rings is 6. The van der Waals surface area contributed by atoms with Crippen LogP contribution in [0.5, 0.6) is 17.2 Å². The lowest BCUT2D eigenvalue weighted by atomic mass is 9.65. The number of hydrogen-bond acceptors (Lipinski definition) is 3. The Kier molecular flexibility index (Phi) is 14.6. The highest BCUT2D eigenvalue weighted by Gasteiger charge is 2.41. The molecule has 0 aliphatic heterocycles. The highest BCUT2D eigenvalue weighted by Crippen LogP contribution is 2.50. The Hall–Kier alpha value is -5.20. The smallest absolute Gasteiger partial charge is 0.128 e. The van der Waals surface area contributed by atoms with Crippen molar-refractivity contribution in [2.24, 2.45) is 0 Å². The molecule has 330 valence electrons. The summed E-state index contributed by atoms with van der Waals surface area (Å²) < 4.78 is 43.5. The molecule has 3 fully saturated rings. The molecule has 0 bridgehead atoms. The summed E-state index contributed by atoms with van der Waals surface area (Å²) in [5.74, 6) is 0.275. The molecule has 6 aromatic carbocycles. The number of phenolic OH excluding ortho intramolecular Hbond substituents is 3. The second-order valence-corrected chi connectivity index (χ2v) is 18.5. The fourth-order valence-electron chi connectivity index (χ4n) is 10.9. The van der Waals surface area contributed by atoms with Gasteiger partial charge in [-0.1, -0.05) is 147 Å². The van der Waals surface area contributed by atoms with E-state index in [-0.39, 0.29) is 50.9 Å². The minimum Gasteiger partial charge on any atom is -0.508 e. The van der Waals surface area contributed by atoms with E-state index >= 15 is 0 Å². The van der Waals surface area contributed by atoms with Gasteiger partial charge in [0.15, 0.2) is 0 Å². The summed E-state index contributed by atoms with van der Waals surface area (Å²) >= 11 is 6.34. The number of aryl methyl sites for hydroxylation is 2. The van der Waals surface area contributed by atoms with Gasteiger partial charge in [-0.05, 0) is 141 Å². The van der Waals surface area contributed by atoms with Gasteiger partial charge >= 0.3 is 0 Å². The van der Waals surface area contributed by atoms with Gasteiger partial charge in [0.2, 0.25) is 0 Å². The Morgan fingerprint density at radius 3 is 1.08 bits per heavy atom. The number of hydrogen-bond donors (Lipinski definition) is 3. The van der Waals surface area contributed by atoms with E-state index in [0.29, 0.717) is 10.6 Å². The van der Waals surface area contributed by atoms with E-state index < -0.39 is 0 Å². The molecule has 0 aromatic heterocycles. The normalized spacial score (nSPS) is 17.6. The van der Waals surface area contributed by atoms with Gasteiger partial charge in [0.05, 0.1) is 0 Å². The molecule has 3 aliphatic rings. The maximum Gasteiger partial charge on any atom is 0.128 e. The van der Waals surface area contributed by atoms with E-state index in [1.165, 1.54) is 25.3 Å². The van der Waals surface area contributed by atoms with Crippen molar-refractivity contribution in [2.45, 2.75) is 126 Å². The lowest BCUT2D eigenvalue weighted by molar-refractivity contribution is 0.334. The highest BCUT2D eigenvalue weighted by molar-refractivity contribution is 6.31. The molecule has 7 heteroatoms. The lowest BCUT2D eigenvalue weighted by Gasteiger charge is -2.39. The van der Waals surface area contributed by atoms with Gasteiger partial charge in [-0.15, -0.1) is 0 Å². The van der Waals surface area contributed by atoms with Crippen molar-refractivity contribution in [1.82, 2.24) is 0 Å². The Morgan fingerprint density at radius 2 is 0.730 bits per heavy atom. The topological polar surface area (TPSA) is 60.7 Å². The number of halogens is 4. The van der Waals surface area contributed by atoms with Crippen molar-refractivity contribution in [3.63, 3.8) is 0 Å². The Balaban J connectivity index is 0.000000142. The van der Waals surface area contributed by atoms with Crippen LogP contribution in [0.2, 0.25) is 5.02 Å². The van der Waals surface area contributed by atoms with Gasteiger partial charge in [-0.25, -0.2) is 13.2 Å². The predicted octanol–water partition coefficient (Wildman–Crippen LogP) is 15.6. The van der Waals surface area contributed by atoms with Crippen molar-refractivity contribution in [3.8, 4) is 17.2 Å². The molecule has 9 rings (SSSR count). The van der Waals surface area contributed by atoms with E-state index in [0.717, 1.165) is 116 Å². The minimum absolute atomic E-state index is 0.115. The fraction of sp³-hybridized carbons (Fsp3) is 0.357. The summed E-state index contributed by atoms with van der Waals surface area (Å²) in [5, 5.41) is 29.1. The Bertz CT molecular complexity index is 2290. The van der Waals surface area contributed by atoms with Crippen LogP contribution < -0.4 is 0 Å². The summed E-state index contributed by atoms with van der Waals surface area (Å²) in [6.45, 7) is 4.02. The summed E-state index contributed by atoms with van der Waals surface area (Å²) in [7, 11) is 0. The average Bonchev–Trinajstić information content (AvgIpc) is 3.30. The zero-order valence-corrected chi connectivity index (χ0v) is 37.3. The van der Waals surface area contributed by atoms with E-state index in [9.17, 15) is 28.5 Å². The molecule has 0 unspecified atom stereocenters. The van der Waals surface area contributed by atoms with Crippen LogP contribution in [0.15, 0.2) is 127 Å². The van der Waals surface area contributed by atoms with Gasteiger partial charge in [-0.2, -0.15) is 0 Å². The zero-order chi connectivity index (χ0) is 44.6. The van der Waals surface area contributed by atoms with E-state index in [1.807, 2.05) is 74.5 Å². The molecule has 3 saturated carbocycles. The third-order valence-corrected chi connectivity index (χ3v) is 14.4. The van der Waals surface area contributed by atoms with E-state index in [4.69, 9.17) is 11.6 Å². The van der Waals surface area contributed by atoms with Crippen LogP contribution in [-0.2, 0) is 16.2 Å². The first-order chi connectivity index (χ1) is 30.4. The maximum atomic E-state index is 14.5. The first kappa shape index (κ1) is 45.8. The second-order valence-electron chi connectivity index (χ2n) is 18.1. The molecule has 63 heavy (non-hydrogen) atoms. The molecular weight excluding hydrogens is 813 g/mol. The first-order valence-electron chi connectivity index (χ1n) is 22.7. The zero-order valence-electron chi connectivity index (χ0n) is 36.6. The molecule has 3 aliphatic carbocycles.